The summed E-state index contributed by atoms with van der Waals surface area (Å²) >= 11 is 0. The molecular weight excluding hydrogens is 345 g/mol. The molecule has 138 valence electrons. The van der Waals surface area contributed by atoms with Crippen molar-refractivity contribution in [2.75, 3.05) is 0 Å². The van der Waals surface area contributed by atoms with Crippen molar-refractivity contribution in [2.24, 2.45) is 0 Å². The Bertz CT molecular complexity index is 969. The molecule has 3 rings (SSSR count). The Morgan fingerprint density at radius 2 is 1.78 bits per heavy atom. The van der Waals surface area contributed by atoms with Crippen LogP contribution < -0.4 is 10.9 Å². The first-order valence-corrected chi connectivity index (χ1v) is 8.71. The van der Waals surface area contributed by atoms with Crippen molar-refractivity contribution in [3.63, 3.8) is 0 Å². The molecular formula is C21H20FN3O2. The highest BCUT2D eigenvalue weighted by atomic mass is 19.1. The van der Waals surface area contributed by atoms with Gasteiger partial charge in [-0.2, -0.15) is 5.10 Å². The first kappa shape index (κ1) is 18.5. The minimum atomic E-state index is -0.318. The van der Waals surface area contributed by atoms with Gasteiger partial charge in [-0.3, -0.25) is 9.59 Å². The molecule has 6 heteroatoms. The first-order valence-electron chi connectivity index (χ1n) is 8.71. The molecule has 2 aromatic carbocycles. The molecule has 0 spiro atoms. The highest BCUT2D eigenvalue weighted by Gasteiger charge is 2.11. The Kier molecular flexibility index (Phi) is 5.76. The predicted octanol–water partition coefficient (Wildman–Crippen LogP) is 3.32. The van der Waals surface area contributed by atoms with E-state index >= 15 is 0 Å². The van der Waals surface area contributed by atoms with Gasteiger partial charge in [0.1, 0.15) is 5.82 Å². The van der Waals surface area contributed by atoms with Gasteiger partial charge in [0.05, 0.1) is 18.3 Å². The molecule has 0 aliphatic carbocycles. The molecule has 0 fully saturated rings. The number of aryl methyl sites for hydroxylation is 1. The lowest BCUT2D eigenvalue weighted by Gasteiger charge is -2.14. The fourth-order valence-corrected chi connectivity index (χ4v) is 2.73. The van der Waals surface area contributed by atoms with Gasteiger partial charge < -0.3 is 5.32 Å². The zero-order valence-electron chi connectivity index (χ0n) is 14.9. The molecule has 0 radical (unpaired) electrons. The van der Waals surface area contributed by atoms with Gasteiger partial charge in [0.2, 0.25) is 5.91 Å². The van der Waals surface area contributed by atoms with Crippen molar-refractivity contribution in [3.05, 3.63) is 88.5 Å². The zero-order valence-corrected chi connectivity index (χ0v) is 14.9. The summed E-state index contributed by atoms with van der Waals surface area (Å²) in [7, 11) is 0. The Hall–Kier alpha value is -3.28. The van der Waals surface area contributed by atoms with Crippen molar-refractivity contribution < 1.29 is 9.18 Å². The van der Waals surface area contributed by atoms with Crippen molar-refractivity contribution in [1.29, 1.82) is 0 Å². The normalized spacial score (nSPS) is 11.8. The number of aromatic nitrogens is 2. The molecule has 0 bridgehead atoms. The fraction of sp³-hybridized carbons (Fsp3) is 0.190. The second-order valence-electron chi connectivity index (χ2n) is 6.24. The number of hydrogen-bond acceptors (Lipinski definition) is 3. The summed E-state index contributed by atoms with van der Waals surface area (Å²) in [5, 5.41) is 7.19. The maximum atomic E-state index is 13.0. The molecule has 0 saturated carbocycles. The molecule has 1 atom stereocenters. The lowest BCUT2D eigenvalue weighted by Crippen LogP contribution is -2.30. The van der Waals surface area contributed by atoms with E-state index in [1.165, 1.54) is 22.9 Å². The Morgan fingerprint density at radius 3 is 2.48 bits per heavy atom. The van der Waals surface area contributed by atoms with Crippen molar-refractivity contribution in [1.82, 2.24) is 15.1 Å². The van der Waals surface area contributed by atoms with E-state index < -0.39 is 0 Å². The number of carbonyl (C=O) groups is 1. The molecule has 0 aliphatic heterocycles. The summed E-state index contributed by atoms with van der Waals surface area (Å²) < 4.78 is 14.3. The van der Waals surface area contributed by atoms with Gasteiger partial charge in [0.25, 0.3) is 5.56 Å². The third-order valence-corrected chi connectivity index (χ3v) is 4.23. The number of carbonyl (C=O) groups excluding carboxylic acids is 1. The van der Waals surface area contributed by atoms with Crippen LogP contribution in [0.2, 0.25) is 0 Å². The number of nitrogens with zero attached hydrogens (tertiary/aromatic N) is 2. The van der Waals surface area contributed by atoms with E-state index in [0.29, 0.717) is 5.69 Å². The predicted molar refractivity (Wildman–Crippen MR) is 102 cm³/mol. The molecule has 1 amide bonds. The number of rotatable bonds is 6. The quantitative estimate of drug-likeness (QED) is 0.729. The van der Waals surface area contributed by atoms with E-state index in [-0.39, 0.29) is 36.3 Å². The maximum Gasteiger partial charge on any atom is 0.266 e. The van der Waals surface area contributed by atoms with Gasteiger partial charge in [0.15, 0.2) is 0 Å². The van der Waals surface area contributed by atoms with Crippen LogP contribution in [0.5, 0.6) is 0 Å². The summed E-state index contributed by atoms with van der Waals surface area (Å²) in [6, 6.07) is 18.4. The molecule has 5 nitrogen and oxygen atoms in total. The summed E-state index contributed by atoms with van der Waals surface area (Å²) in [4.78, 5) is 24.2. The number of benzene rings is 2. The number of nitrogens with one attached hydrogen (secondary N) is 1. The minimum Gasteiger partial charge on any atom is -0.350 e. The van der Waals surface area contributed by atoms with Crippen LogP contribution in [0.1, 0.15) is 24.9 Å². The van der Waals surface area contributed by atoms with E-state index in [2.05, 4.69) is 10.4 Å². The van der Waals surface area contributed by atoms with Crippen molar-refractivity contribution in [3.8, 4) is 11.3 Å². The summed E-state index contributed by atoms with van der Waals surface area (Å²) in [6.07, 6.45) is 0.122. The van der Waals surface area contributed by atoms with Gasteiger partial charge in [0, 0.05) is 18.1 Å². The molecule has 0 saturated heterocycles. The average molecular weight is 365 g/mol. The number of amides is 1. The van der Waals surface area contributed by atoms with Crippen molar-refractivity contribution in [2.45, 2.75) is 25.9 Å². The van der Waals surface area contributed by atoms with Crippen LogP contribution in [0.4, 0.5) is 4.39 Å². The van der Waals surface area contributed by atoms with Gasteiger partial charge in [-0.15, -0.1) is 0 Å². The summed E-state index contributed by atoms with van der Waals surface area (Å²) in [5.41, 5.74) is 2.14. The smallest absolute Gasteiger partial charge is 0.266 e. The van der Waals surface area contributed by atoms with Crippen LogP contribution in [0.25, 0.3) is 11.3 Å². The second-order valence-corrected chi connectivity index (χ2v) is 6.24. The Morgan fingerprint density at radius 1 is 1.07 bits per heavy atom. The first-order chi connectivity index (χ1) is 13.0. The van der Waals surface area contributed by atoms with Gasteiger partial charge in [-0.1, -0.05) is 42.5 Å². The van der Waals surface area contributed by atoms with Crippen LogP contribution >= 0.6 is 0 Å². The maximum absolute atomic E-state index is 13.0. The molecule has 1 heterocycles. The van der Waals surface area contributed by atoms with E-state index in [9.17, 15) is 14.0 Å². The molecule has 0 unspecified atom stereocenters. The Labute approximate surface area is 156 Å². The monoisotopic (exact) mass is 365 g/mol. The lowest BCUT2D eigenvalue weighted by atomic mass is 10.1. The third kappa shape index (κ3) is 4.88. The van der Waals surface area contributed by atoms with Crippen LogP contribution in [0.15, 0.2) is 71.5 Å². The minimum absolute atomic E-state index is 0.122. The van der Waals surface area contributed by atoms with Gasteiger partial charge >= 0.3 is 0 Å². The summed E-state index contributed by atoms with van der Waals surface area (Å²) in [6.45, 7) is 2.01. The van der Waals surface area contributed by atoms with E-state index in [1.807, 2.05) is 37.3 Å². The molecule has 27 heavy (non-hydrogen) atoms. The van der Waals surface area contributed by atoms with E-state index in [0.717, 1.165) is 11.1 Å². The van der Waals surface area contributed by atoms with E-state index in [1.54, 1.807) is 18.2 Å². The fourth-order valence-electron chi connectivity index (χ4n) is 2.73. The van der Waals surface area contributed by atoms with Crippen LogP contribution in [-0.4, -0.2) is 15.7 Å². The average Bonchev–Trinajstić information content (AvgIpc) is 2.68. The highest BCUT2D eigenvalue weighted by Crippen LogP contribution is 2.15. The van der Waals surface area contributed by atoms with Gasteiger partial charge in [-0.25, -0.2) is 9.07 Å². The SMILES string of the molecule is C[C@H](NC(=O)CCn1nc(-c2ccccc2)ccc1=O)c1ccc(F)cc1. The molecule has 0 aliphatic rings. The molecule has 3 aromatic rings. The number of hydrogen-bond donors (Lipinski definition) is 1. The third-order valence-electron chi connectivity index (χ3n) is 4.23. The standard InChI is InChI=1S/C21H20FN3O2/c1-15(16-7-9-18(22)10-8-16)23-20(26)13-14-25-21(27)12-11-19(24-25)17-5-3-2-4-6-17/h2-12,15H,13-14H2,1H3,(H,23,26)/t15-/m0/s1. The van der Waals surface area contributed by atoms with Crippen molar-refractivity contribution >= 4 is 5.91 Å². The number of halogens is 1. The Balaban J connectivity index is 1.63. The largest absolute Gasteiger partial charge is 0.350 e. The highest BCUT2D eigenvalue weighted by molar-refractivity contribution is 5.76. The zero-order chi connectivity index (χ0) is 19.2. The van der Waals surface area contributed by atoms with Gasteiger partial charge in [-0.05, 0) is 30.7 Å². The topological polar surface area (TPSA) is 64.0 Å². The van der Waals surface area contributed by atoms with Crippen LogP contribution in [-0.2, 0) is 11.3 Å². The van der Waals surface area contributed by atoms with E-state index in [4.69, 9.17) is 0 Å². The molecule has 1 aromatic heterocycles. The lowest BCUT2D eigenvalue weighted by molar-refractivity contribution is -0.122. The molecule has 1 N–H and O–H groups in total. The second kappa shape index (κ2) is 8.40. The van der Waals surface area contributed by atoms with Crippen LogP contribution in [0, 0.1) is 5.82 Å². The van der Waals surface area contributed by atoms with Crippen LogP contribution in [0.3, 0.4) is 0 Å². The summed E-state index contributed by atoms with van der Waals surface area (Å²) in [5.74, 6) is -0.522.